The summed E-state index contributed by atoms with van der Waals surface area (Å²) in [6, 6.07) is 8.49. The molecule has 0 saturated carbocycles. The number of benzene rings is 1. The second-order valence-electron chi connectivity index (χ2n) is 3.29. The molecule has 0 saturated heterocycles. The van der Waals surface area contributed by atoms with Gasteiger partial charge in [-0.2, -0.15) is 4.98 Å². The lowest BCUT2D eigenvalue weighted by Gasteiger charge is -2.19. The minimum absolute atomic E-state index is 0.381. The highest BCUT2D eigenvalue weighted by Crippen LogP contribution is 2.42. The molecule has 5 heteroatoms. The predicted molar refractivity (Wildman–Crippen MR) is 62.4 cm³/mol. The van der Waals surface area contributed by atoms with Gasteiger partial charge in [0.2, 0.25) is 0 Å². The van der Waals surface area contributed by atoms with Gasteiger partial charge in [-0.25, -0.2) is 4.98 Å². The Morgan fingerprint density at radius 1 is 1.25 bits per heavy atom. The predicted octanol–water partition coefficient (Wildman–Crippen LogP) is 2.69. The third kappa shape index (κ3) is 1.49. The van der Waals surface area contributed by atoms with Crippen molar-refractivity contribution >= 4 is 23.3 Å². The van der Waals surface area contributed by atoms with Crippen LogP contribution >= 0.6 is 11.8 Å². The third-order valence-electron chi connectivity index (χ3n) is 2.28. The summed E-state index contributed by atoms with van der Waals surface area (Å²) < 4.78 is 5.00. The number of nitrogens with zero attached hydrogens (tertiary/aromatic N) is 2. The number of hydrogen-bond acceptors (Lipinski definition) is 5. The highest BCUT2D eigenvalue weighted by atomic mass is 32.2. The summed E-state index contributed by atoms with van der Waals surface area (Å²) in [6.07, 6.45) is 1.77. The van der Waals surface area contributed by atoms with E-state index in [1.807, 2.05) is 18.2 Å². The monoisotopic (exact) mass is 231 g/mol. The topological polar surface area (TPSA) is 47.0 Å². The molecule has 4 nitrogen and oxygen atoms in total. The van der Waals surface area contributed by atoms with Crippen molar-refractivity contribution in [1.29, 1.82) is 0 Å². The Morgan fingerprint density at radius 3 is 3.00 bits per heavy atom. The minimum atomic E-state index is 0.381. The Morgan fingerprint density at radius 2 is 2.12 bits per heavy atom. The van der Waals surface area contributed by atoms with E-state index in [0.717, 1.165) is 16.4 Å². The normalized spacial score (nSPS) is 12.3. The van der Waals surface area contributed by atoms with Crippen molar-refractivity contribution in [3.8, 4) is 6.01 Å². The molecular weight excluding hydrogens is 222 g/mol. The van der Waals surface area contributed by atoms with Crippen LogP contribution in [-0.2, 0) is 0 Å². The summed E-state index contributed by atoms with van der Waals surface area (Å²) in [6.45, 7) is 0. The van der Waals surface area contributed by atoms with Gasteiger partial charge in [-0.1, -0.05) is 23.9 Å². The van der Waals surface area contributed by atoms with Crippen LogP contribution in [-0.4, -0.2) is 17.1 Å². The number of fused-ring (bicyclic) bond motifs is 2. The van der Waals surface area contributed by atoms with E-state index < -0.39 is 0 Å². The molecule has 0 unspecified atom stereocenters. The molecule has 16 heavy (non-hydrogen) atoms. The molecule has 0 atom stereocenters. The SMILES string of the molecule is COc1ncc2c(n1)Nc1ccccc1S2. The molecule has 0 amide bonds. The summed E-state index contributed by atoms with van der Waals surface area (Å²) in [4.78, 5) is 10.6. The smallest absolute Gasteiger partial charge is 0.318 e. The zero-order chi connectivity index (χ0) is 11.0. The quantitative estimate of drug-likeness (QED) is 0.697. The molecule has 0 spiro atoms. The van der Waals surface area contributed by atoms with Crippen LogP contribution in [0.5, 0.6) is 6.01 Å². The maximum absolute atomic E-state index is 5.00. The Bertz CT molecular complexity index is 545. The number of methoxy groups -OCH3 is 1. The first-order valence-electron chi connectivity index (χ1n) is 4.82. The van der Waals surface area contributed by atoms with Gasteiger partial charge in [0.15, 0.2) is 5.82 Å². The van der Waals surface area contributed by atoms with Crippen LogP contribution in [0.2, 0.25) is 0 Å². The molecule has 1 aromatic carbocycles. The Hall–Kier alpha value is -1.75. The zero-order valence-corrected chi connectivity index (χ0v) is 9.41. The van der Waals surface area contributed by atoms with E-state index in [0.29, 0.717) is 6.01 Å². The van der Waals surface area contributed by atoms with Crippen molar-refractivity contribution in [3.63, 3.8) is 0 Å². The Balaban J connectivity index is 2.05. The lowest BCUT2D eigenvalue weighted by Crippen LogP contribution is -2.04. The molecule has 80 valence electrons. The second kappa shape index (κ2) is 3.68. The van der Waals surface area contributed by atoms with Crippen molar-refractivity contribution < 1.29 is 4.74 Å². The largest absolute Gasteiger partial charge is 0.467 e. The Kier molecular flexibility index (Phi) is 2.18. The molecule has 1 N–H and O–H groups in total. The first-order valence-corrected chi connectivity index (χ1v) is 5.63. The fourth-order valence-electron chi connectivity index (χ4n) is 1.52. The van der Waals surface area contributed by atoms with Crippen LogP contribution in [0.25, 0.3) is 0 Å². The van der Waals surface area contributed by atoms with Crippen molar-refractivity contribution in [2.24, 2.45) is 0 Å². The molecule has 0 fully saturated rings. The molecule has 0 radical (unpaired) electrons. The highest BCUT2D eigenvalue weighted by Gasteiger charge is 2.17. The van der Waals surface area contributed by atoms with Gasteiger partial charge in [0.05, 0.1) is 23.9 Å². The number of anilines is 2. The highest BCUT2D eigenvalue weighted by molar-refractivity contribution is 7.99. The standard InChI is InChI=1S/C11H9N3OS/c1-15-11-12-6-9-10(14-11)13-7-4-2-3-5-8(7)16-9/h2-6H,1H3,(H,12,13,14). The molecule has 2 aromatic rings. The summed E-state index contributed by atoms with van der Waals surface area (Å²) in [5, 5.41) is 3.26. The minimum Gasteiger partial charge on any atom is -0.467 e. The van der Waals surface area contributed by atoms with Crippen LogP contribution in [0.4, 0.5) is 11.5 Å². The van der Waals surface area contributed by atoms with Gasteiger partial charge in [0, 0.05) is 4.90 Å². The van der Waals surface area contributed by atoms with E-state index in [9.17, 15) is 0 Å². The van der Waals surface area contributed by atoms with Crippen molar-refractivity contribution in [1.82, 2.24) is 9.97 Å². The van der Waals surface area contributed by atoms with E-state index in [4.69, 9.17) is 4.74 Å². The number of rotatable bonds is 1. The van der Waals surface area contributed by atoms with Gasteiger partial charge in [-0.3, -0.25) is 0 Å². The number of nitrogens with one attached hydrogen (secondary N) is 1. The summed E-state index contributed by atoms with van der Waals surface area (Å²) in [5.74, 6) is 0.801. The molecule has 1 aliphatic heterocycles. The summed E-state index contributed by atoms with van der Waals surface area (Å²) >= 11 is 1.66. The number of ether oxygens (including phenoxy) is 1. The van der Waals surface area contributed by atoms with E-state index >= 15 is 0 Å². The summed E-state index contributed by atoms with van der Waals surface area (Å²) in [5.41, 5.74) is 1.07. The molecule has 1 aromatic heterocycles. The number of para-hydroxylation sites is 1. The lowest BCUT2D eigenvalue weighted by atomic mass is 10.3. The molecule has 2 heterocycles. The van der Waals surface area contributed by atoms with E-state index in [-0.39, 0.29) is 0 Å². The van der Waals surface area contributed by atoms with Crippen LogP contribution in [0.1, 0.15) is 0 Å². The average molecular weight is 231 g/mol. The molecule has 0 aliphatic carbocycles. The second-order valence-corrected chi connectivity index (χ2v) is 4.38. The average Bonchev–Trinajstić information content (AvgIpc) is 2.35. The van der Waals surface area contributed by atoms with Gasteiger partial charge >= 0.3 is 6.01 Å². The van der Waals surface area contributed by atoms with Gasteiger partial charge < -0.3 is 10.1 Å². The third-order valence-corrected chi connectivity index (χ3v) is 3.37. The van der Waals surface area contributed by atoms with E-state index in [1.54, 1.807) is 25.1 Å². The first kappa shape index (κ1) is 9.47. The van der Waals surface area contributed by atoms with Gasteiger partial charge in [-0.15, -0.1) is 0 Å². The lowest BCUT2D eigenvalue weighted by molar-refractivity contribution is 0.379. The van der Waals surface area contributed by atoms with Crippen molar-refractivity contribution in [2.45, 2.75) is 9.79 Å². The first-order chi connectivity index (χ1) is 7.86. The van der Waals surface area contributed by atoms with Crippen LogP contribution in [0, 0.1) is 0 Å². The van der Waals surface area contributed by atoms with Gasteiger partial charge in [0.25, 0.3) is 0 Å². The number of hydrogen-bond donors (Lipinski definition) is 1. The maximum atomic E-state index is 5.00. The van der Waals surface area contributed by atoms with Crippen LogP contribution < -0.4 is 10.1 Å². The van der Waals surface area contributed by atoms with E-state index in [1.165, 1.54) is 4.90 Å². The van der Waals surface area contributed by atoms with Crippen LogP contribution in [0.3, 0.4) is 0 Å². The van der Waals surface area contributed by atoms with Gasteiger partial charge in [0.1, 0.15) is 0 Å². The van der Waals surface area contributed by atoms with Gasteiger partial charge in [-0.05, 0) is 12.1 Å². The number of aromatic nitrogens is 2. The fourth-order valence-corrected chi connectivity index (χ4v) is 2.43. The van der Waals surface area contributed by atoms with Crippen LogP contribution in [0.15, 0.2) is 40.3 Å². The molecule has 3 rings (SSSR count). The van der Waals surface area contributed by atoms with E-state index in [2.05, 4.69) is 21.4 Å². The Labute approximate surface area is 97.1 Å². The maximum Gasteiger partial charge on any atom is 0.318 e. The molecule has 0 bridgehead atoms. The molecule has 1 aliphatic rings. The van der Waals surface area contributed by atoms with Crippen molar-refractivity contribution in [2.75, 3.05) is 12.4 Å². The molecular formula is C11H9N3OS. The zero-order valence-electron chi connectivity index (χ0n) is 8.60. The van der Waals surface area contributed by atoms with Crippen molar-refractivity contribution in [3.05, 3.63) is 30.5 Å². The fraction of sp³-hybridized carbons (Fsp3) is 0.0909. The summed E-state index contributed by atoms with van der Waals surface area (Å²) in [7, 11) is 1.56.